The third kappa shape index (κ3) is 5.44. The lowest BCUT2D eigenvalue weighted by atomic mass is 10.2. The molecule has 5 nitrogen and oxygen atoms in total. The van der Waals surface area contributed by atoms with Crippen LogP contribution in [0.25, 0.3) is 0 Å². The van der Waals surface area contributed by atoms with E-state index in [1.54, 1.807) is 12.1 Å². The molecule has 0 bridgehead atoms. The molecule has 1 atom stereocenters. The first kappa shape index (κ1) is 17.6. The Hall–Kier alpha value is -1.73. The minimum atomic E-state index is -3.84. The van der Waals surface area contributed by atoms with E-state index in [0.717, 1.165) is 11.1 Å². The van der Waals surface area contributed by atoms with Gasteiger partial charge < -0.3 is 10.5 Å². The lowest BCUT2D eigenvalue weighted by molar-refractivity contribution is 0.0479. The second-order valence-electron chi connectivity index (χ2n) is 5.22. The molecule has 6 heteroatoms. The molecule has 0 amide bonds. The maximum absolute atomic E-state index is 12.2. The molecular weight excluding hydrogens is 314 g/mol. The first-order valence-electron chi connectivity index (χ1n) is 7.33. The number of nitrogens with two attached hydrogens (primary N) is 1. The molecule has 1 unspecified atom stereocenters. The number of hydrogen-bond donors (Lipinski definition) is 1. The van der Waals surface area contributed by atoms with Gasteiger partial charge in [-0.1, -0.05) is 48.0 Å². The van der Waals surface area contributed by atoms with Crippen LogP contribution in [0.3, 0.4) is 0 Å². The highest BCUT2D eigenvalue weighted by molar-refractivity contribution is 7.86. The summed E-state index contributed by atoms with van der Waals surface area (Å²) < 4.78 is 35.1. The van der Waals surface area contributed by atoms with Gasteiger partial charge in [-0.05, 0) is 24.6 Å². The van der Waals surface area contributed by atoms with Crippen molar-refractivity contribution in [3.63, 3.8) is 0 Å². The van der Waals surface area contributed by atoms with Gasteiger partial charge in [-0.3, -0.25) is 4.18 Å². The van der Waals surface area contributed by atoms with E-state index >= 15 is 0 Å². The van der Waals surface area contributed by atoms with Crippen molar-refractivity contribution in [3.05, 3.63) is 65.7 Å². The molecule has 0 radical (unpaired) electrons. The van der Waals surface area contributed by atoms with Crippen molar-refractivity contribution in [2.45, 2.75) is 24.5 Å². The molecule has 2 N–H and O–H groups in total. The van der Waals surface area contributed by atoms with Crippen molar-refractivity contribution in [1.29, 1.82) is 0 Å². The highest BCUT2D eigenvalue weighted by Gasteiger charge is 2.21. The van der Waals surface area contributed by atoms with Crippen molar-refractivity contribution in [2.75, 3.05) is 13.2 Å². The van der Waals surface area contributed by atoms with Crippen molar-refractivity contribution >= 4 is 10.1 Å². The third-order valence-corrected chi connectivity index (χ3v) is 4.63. The Labute approximate surface area is 137 Å². The van der Waals surface area contributed by atoms with Gasteiger partial charge in [0.25, 0.3) is 10.1 Å². The number of aryl methyl sites for hydroxylation is 1. The largest absolute Gasteiger partial charge is 0.374 e. The normalized spacial score (nSPS) is 13.0. The molecule has 23 heavy (non-hydrogen) atoms. The van der Waals surface area contributed by atoms with E-state index in [0.29, 0.717) is 6.61 Å². The predicted molar refractivity (Wildman–Crippen MR) is 88.4 cm³/mol. The summed E-state index contributed by atoms with van der Waals surface area (Å²) in [5.74, 6) is 0. The van der Waals surface area contributed by atoms with Crippen LogP contribution in [0.1, 0.15) is 11.1 Å². The molecule has 0 aliphatic rings. The topological polar surface area (TPSA) is 78.6 Å². The lowest BCUT2D eigenvalue weighted by Crippen LogP contribution is -2.31. The van der Waals surface area contributed by atoms with Crippen LogP contribution in [0.4, 0.5) is 0 Å². The first-order valence-corrected chi connectivity index (χ1v) is 8.74. The third-order valence-electron chi connectivity index (χ3n) is 3.25. The van der Waals surface area contributed by atoms with Crippen LogP contribution >= 0.6 is 0 Å². The first-order chi connectivity index (χ1) is 11.0. The summed E-state index contributed by atoms with van der Waals surface area (Å²) in [6, 6.07) is 16.1. The smallest absolute Gasteiger partial charge is 0.297 e. The maximum Gasteiger partial charge on any atom is 0.297 e. The Kier molecular flexibility index (Phi) is 6.29. The zero-order valence-corrected chi connectivity index (χ0v) is 13.8. The maximum atomic E-state index is 12.2. The molecule has 0 aliphatic heterocycles. The van der Waals surface area contributed by atoms with Gasteiger partial charge >= 0.3 is 0 Å². The zero-order valence-electron chi connectivity index (χ0n) is 13.0. The Morgan fingerprint density at radius 1 is 1.04 bits per heavy atom. The highest BCUT2D eigenvalue weighted by Crippen LogP contribution is 2.15. The standard InChI is InChI=1S/C17H21NO4S/c1-14-7-9-17(10-8-14)23(19,20)22-16(11-18)13-21-12-15-5-3-2-4-6-15/h2-10,16H,11-13,18H2,1H3. The molecule has 2 aromatic rings. The van der Waals surface area contributed by atoms with E-state index in [1.165, 1.54) is 12.1 Å². The molecule has 124 valence electrons. The Morgan fingerprint density at radius 3 is 2.30 bits per heavy atom. The minimum absolute atomic E-state index is 0.0554. The van der Waals surface area contributed by atoms with Crippen LogP contribution in [0.5, 0.6) is 0 Å². The second kappa shape index (κ2) is 8.21. The van der Waals surface area contributed by atoms with Crippen molar-refractivity contribution in [2.24, 2.45) is 5.73 Å². The second-order valence-corrected chi connectivity index (χ2v) is 6.79. The van der Waals surface area contributed by atoms with Crippen LogP contribution in [0.15, 0.2) is 59.5 Å². The summed E-state index contributed by atoms with van der Waals surface area (Å²) in [6.45, 7) is 2.43. The molecular formula is C17H21NO4S. The number of rotatable bonds is 8. The summed E-state index contributed by atoms with van der Waals surface area (Å²) >= 11 is 0. The summed E-state index contributed by atoms with van der Waals surface area (Å²) in [5, 5.41) is 0. The molecule has 2 rings (SSSR count). The van der Waals surface area contributed by atoms with E-state index in [-0.39, 0.29) is 18.0 Å². The van der Waals surface area contributed by atoms with E-state index in [2.05, 4.69) is 0 Å². The van der Waals surface area contributed by atoms with Gasteiger partial charge in [-0.15, -0.1) is 0 Å². The van der Waals surface area contributed by atoms with Crippen LogP contribution in [0.2, 0.25) is 0 Å². The Balaban J connectivity index is 1.91. The van der Waals surface area contributed by atoms with Crippen molar-refractivity contribution < 1.29 is 17.3 Å². The van der Waals surface area contributed by atoms with E-state index in [4.69, 9.17) is 14.7 Å². The Morgan fingerprint density at radius 2 is 1.70 bits per heavy atom. The van der Waals surface area contributed by atoms with Crippen LogP contribution < -0.4 is 5.73 Å². The van der Waals surface area contributed by atoms with E-state index in [9.17, 15) is 8.42 Å². The molecule has 0 heterocycles. The van der Waals surface area contributed by atoms with Crippen molar-refractivity contribution in [1.82, 2.24) is 0 Å². The molecule has 0 aromatic heterocycles. The number of ether oxygens (including phenoxy) is 1. The van der Waals surface area contributed by atoms with Crippen molar-refractivity contribution in [3.8, 4) is 0 Å². The molecule has 0 saturated heterocycles. The molecule has 0 fully saturated rings. The van der Waals surface area contributed by atoms with Gasteiger partial charge in [0, 0.05) is 6.54 Å². The summed E-state index contributed by atoms with van der Waals surface area (Å²) in [4.78, 5) is 0.115. The van der Waals surface area contributed by atoms with Gasteiger partial charge in [-0.25, -0.2) is 0 Å². The van der Waals surface area contributed by atoms with Gasteiger partial charge in [-0.2, -0.15) is 8.42 Å². The summed E-state index contributed by atoms with van der Waals surface area (Å²) in [5.41, 5.74) is 7.57. The fraction of sp³-hybridized carbons (Fsp3) is 0.294. The monoisotopic (exact) mass is 335 g/mol. The SMILES string of the molecule is Cc1ccc(S(=O)(=O)OC(CN)COCc2ccccc2)cc1. The molecule has 0 spiro atoms. The van der Waals surface area contributed by atoms with Gasteiger partial charge in [0.1, 0.15) is 6.10 Å². The van der Waals surface area contributed by atoms with E-state index in [1.807, 2.05) is 37.3 Å². The highest BCUT2D eigenvalue weighted by atomic mass is 32.2. The average Bonchev–Trinajstić information content (AvgIpc) is 2.55. The van der Waals surface area contributed by atoms with Gasteiger partial charge in [0.2, 0.25) is 0 Å². The number of benzene rings is 2. The summed E-state index contributed by atoms with van der Waals surface area (Å²) in [7, 11) is -3.84. The minimum Gasteiger partial charge on any atom is -0.374 e. The predicted octanol–water partition coefficient (Wildman–Crippen LogP) is 2.24. The quantitative estimate of drug-likeness (QED) is 0.749. The molecule has 0 saturated carbocycles. The van der Waals surface area contributed by atoms with E-state index < -0.39 is 16.2 Å². The molecule has 2 aromatic carbocycles. The number of hydrogen-bond acceptors (Lipinski definition) is 5. The van der Waals surface area contributed by atoms with Gasteiger partial charge in [0.15, 0.2) is 0 Å². The average molecular weight is 335 g/mol. The van der Waals surface area contributed by atoms with Crippen LogP contribution in [-0.2, 0) is 25.6 Å². The molecule has 0 aliphatic carbocycles. The zero-order chi connectivity index (χ0) is 16.7. The van der Waals surface area contributed by atoms with Crippen LogP contribution in [0, 0.1) is 6.92 Å². The fourth-order valence-corrected chi connectivity index (χ4v) is 3.03. The van der Waals surface area contributed by atoms with Crippen LogP contribution in [-0.4, -0.2) is 27.7 Å². The fourth-order valence-electron chi connectivity index (χ4n) is 1.96. The van der Waals surface area contributed by atoms with Gasteiger partial charge in [0.05, 0.1) is 18.1 Å². The lowest BCUT2D eigenvalue weighted by Gasteiger charge is -2.16. The summed E-state index contributed by atoms with van der Waals surface area (Å²) in [6.07, 6.45) is -0.718. The Bertz CT molecular complexity index is 699.